The number of sulfone groups is 1. The average Bonchev–Trinajstić information content (AvgIpc) is 3.00. The average molecular weight is 469 g/mol. The first-order valence-corrected chi connectivity index (χ1v) is 12.8. The molecule has 1 aliphatic heterocycles. The fourth-order valence-corrected chi connectivity index (χ4v) is 6.69. The fraction of sp³-hybridized carbons (Fsp3) is 0.625. The van der Waals surface area contributed by atoms with E-state index in [0.29, 0.717) is 17.8 Å². The van der Waals surface area contributed by atoms with Crippen LogP contribution in [0.15, 0.2) is 14.5 Å². The van der Waals surface area contributed by atoms with Crippen LogP contribution in [0.2, 0.25) is 0 Å². The lowest BCUT2D eigenvalue weighted by molar-refractivity contribution is -0.149. The van der Waals surface area contributed by atoms with Crippen LogP contribution in [0.4, 0.5) is 4.79 Å². The van der Waals surface area contributed by atoms with E-state index < -0.39 is 43.6 Å². The molecule has 0 aliphatic carbocycles. The highest BCUT2D eigenvalue weighted by molar-refractivity contribution is 7.95. The Bertz CT molecular complexity index is 990. The van der Waals surface area contributed by atoms with Gasteiger partial charge in [-0.15, -0.1) is 11.3 Å². The summed E-state index contributed by atoms with van der Waals surface area (Å²) in [5.74, 6) is -0.850. The van der Waals surface area contributed by atoms with Crippen LogP contribution in [-0.4, -0.2) is 46.8 Å². The zero-order valence-electron chi connectivity index (χ0n) is 16.3. The molecule has 1 amide bonds. The first kappa shape index (κ1) is 23.6. The number of nitrogens with two attached hydrogens (primary N) is 1. The van der Waals surface area contributed by atoms with Crippen molar-refractivity contribution in [3.8, 4) is 0 Å². The minimum Gasteiger partial charge on any atom is -0.457 e. The van der Waals surface area contributed by atoms with Gasteiger partial charge in [0.25, 0.3) is 0 Å². The van der Waals surface area contributed by atoms with Crippen molar-refractivity contribution in [1.29, 1.82) is 0 Å². The molecular formula is C16H24N2O8S3. The third-order valence-electron chi connectivity index (χ3n) is 3.76. The number of sulfonamides is 1. The summed E-state index contributed by atoms with van der Waals surface area (Å²) < 4.78 is 57.5. The van der Waals surface area contributed by atoms with Gasteiger partial charge in [-0.3, -0.25) is 4.79 Å². The first-order valence-electron chi connectivity index (χ1n) is 8.75. The molecule has 1 aromatic heterocycles. The Morgan fingerprint density at radius 1 is 1.34 bits per heavy atom. The largest absolute Gasteiger partial charge is 0.457 e. The Kier molecular flexibility index (Phi) is 6.97. The van der Waals surface area contributed by atoms with Gasteiger partial charge in [0.15, 0.2) is 9.84 Å². The summed E-state index contributed by atoms with van der Waals surface area (Å²) in [6, 6.07) is 1.15. The number of rotatable bonds is 6. The second-order valence-corrected chi connectivity index (χ2v) is 12.6. The molecule has 0 aromatic carbocycles. The van der Waals surface area contributed by atoms with E-state index in [2.05, 4.69) is 5.32 Å². The van der Waals surface area contributed by atoms with E-state index in [-0.39, 0.29) is 39.1 Å². The van der Waals surface area contributed by atoms with Crippen LogP contribution >= 0.6 is 11.3 Å². The number of ether oxygens (including phenoxy) is 2. The Morgan fingerprint density at radius 3 is 2.59 bits per heavy atom. The van der Waals surface area contributed by atoms with Gasteiger partial charge in [0.2, 0.25) is 10.0 Å². The lowest BCUT2D eigenvalue weighted by Gasteiger charge is -2.22. The van der Waals surface area contributed by atoms with Gasteiger partial charge in [-0.05, 0) is 33.3 Å². The first-order chi connectivity index (χ1) is 13.2. The molecule has 0 saturated carbocycles. The van der Waals surface area contributed by atoms with Crippen LogP contribution in [0.25, 0.3) is 0 Å². The van der Waals surface area contributed by atoms with E-state index in [1.54, 1.807) is 20.8 Å². The molecule has 13 heteroatoms. The highest BCUT2D eigenvalue weighted by Gasteiger charge is 2.36. The van der Waals surface area contributed by atoms with Gasteiger partial charge in [-0.25, -0.2) is 26.8 Å². The molecule has 0 spiro atoms. The molecule has 0 saturated heterocycles. The smallest absolute Gasteiger partial charge is 0.407 e. The number of esters is 1. The molecule has 29 heavy (non-hydrogen) atoms. The normalized spacial score (nSPS) is 18.6. The van der Waals surface area contributed by atoms with Crippen LogP contribution in [-0.2, 0) is 34.1 Å². The van der Waals surface area contributed by atoms with Gasteiger partial charge in [-0.2, -0.15) is 0 Å². The summed E-state index contributed by atoms with van der Waals surface area (Å²) in [7, 11) is -7.73. The third-order valence-corrected chi connectivity index (χ3v) is 8.71. The van der Waals surface area contributed by atoms with Crippen LogP contribution < -0.4 is 10.5 Å². The maximum atomic E-state index is 12.2. The van der Waals surface area contributed by atoms with Crippen molar-refractivity contribution < 1.29 is 35.9 Å². The van der Waals surface area contributed by atoms with Crippen LogP contribution in [0, 0.1) is 0 Å². The lowest BCUT2D eigenvalue weighted by Crippen LogP contribution is -2.33. The summed E-state index contributed by atoms with van der Waals surface area (Å²) in [5, 5.41) is 7.60. The van der Waals surface area contributed by atoms with Crippen LogP contribution in [0.1, 0.15) is 51.7 Å². The zero-order valence-corrected chi connectivity index (χ0v) is 18.7. The minimum absolute atomic E-state index is 0.0133. The molecule has 0 fully saturated rings. The molecule has 10 nitrogen and oxygen atoms in total. The molecule has 1 atom stereocenters. The van der Waals surface area contributed by atoms with Gasteiger partial charge in [0.05, 0.1) is 5.75 Å². The lowest BCUT2D eigenvalue weighted by atomic mass is 10.1. The van der Waals surface area contributed by atoms with Crippen molar-refractivity contribution in [2.75, 3.05) is 12.3 Å². The molecule has 1 aliphatic rings. The highest BCUT2D eigenvalue weighted by atomic mass is 32.3. The Hall–Kier alpha value is -1.70. The van der Waals surface area contributed by atoms with Crippen molar-refractivity contribution >= 4 is 43.3 Å². The summed E-state index contributed by atoms with van der Waals surface area (Å²) in [6.07, 6.45) is -1.16. The number of carbonyl (C=O) groups excluding carboxylic acids is 2. The van der Waals surface area contributed by atoms with Crippen molar-refractivity contribution in [2.45, 2.75) is 60.2 Å². The Labute approximate surface area is 173 Å². The predicted octanol–water partition coefficient (Wildman–Crippen LogP) is 1.46. The maximum Gasteiger partial charge on any atom is 0.407 e. The van der Waals surface area contributed by atoms with E-state index in [1.165, 1.54) is 0 Å². The van der Waals surface area contributed by atoms with Crippen LogP contribution in [0.3, 0.4) is 0 Å². The third kappa shape index (κ3) is 6.66. The van der Waals surface area contributed by atoms with Crippen molar-refractivity contribution in [3.63, 3.8) is 0 Å². The number of nitrogens with one attached hydrogen (secondary N) is 1. The standard InChI is InChI=1S/C16H24N2O8S3/c1-16(2,3)26-15(20)18-7-4-5-12(19)25-11-6-8-28(21,22)14-10(11)9-13(27-14)29(17,23)24/h9,11H,4-8H2,1-3H3,(H,18,20)(H2,17,23,24). The van der Waals surface area contributed by atoms with Crippen molar-refractivity contribution in [3.05, 3.63) is 11.6 Å². The van der Waals surface area contributed by atoms with E-state index in [9.17, 15) is 26.4 Å². The van der Waals surface area contributed by atoms with E-state index in [4.69, 9.17) is 14.6 Å². The molecule has 164 valence electrons. The van der Waals surface area contributed by atoms with Gasteiger partial charge >= 0.3 is 12.1 Å². The minimum atomic E-state index is -4.08. The predicted molar refractivity (Wildman–Crippen MR) is 105 cm³/mol. The number of amides is 1. The quantitative estimate of drug-likeness (QED) is 0.469. The fourth-order valence-electron chi connectivity index (χ4n) is 2.56. The van der Waals surface area contributed by atoms with E-state index in [1.807, 2.05) is 0 Å². The number of hydrogen-bond donors (Lipinski definition) is 2. The summed E-state index contributed by atoms with van der Waals surface area (Å²) in [6.45, 7) is 5.39. The number of thiophene rings is 1. The molecular weight excluding hydrogens is 444 g/mol. The summed E-state index contributed by atoms with van der Waals surface area (Å²) >= 11 is 0.556. The van der Waals surface area contributed by atoms with Gasteiger partial charge < -0.3 is 14.8 Å². The van der Waals surface area contributed by atoms with E-state index in [0.717, 1.165) is 6.07 Å². The number of primary sulfonamides is 1. The monoisotopic (exact) mass is 468 g/mol. The van der Waals surface area contributed by atoms with Gasteiger partial charge in [0, 0.05) is 24.9 Å². The summed E-state index contributed by atoms with van der Waals surface area (Å²) in [4.78, 5) is 23.6. The topological polar surface area (TPSA) is 159 Å². The highest BCUT2D eigenvalue weighted by Crippen LogP contribution is 2.41. The molecule has 3 N–H and O–H groups in total. The second kappa shape index (κ2) is 8.58. The summed E-state index contributed by atoms with van der Waals surface area (Å²) in [5.41, 5.74) is -0.496. The van der Waals surface area contributed by atoms with Crippen molar-refractivity contribution in [2.24, 2.45) is 5.14 Å². The molecule has 2 heterocycles. The Morgan fingerprint density at radius 2 is 2.00 bits per heavy atom. The Balaban J connectivity index is 1.95. The molecule has 0 bridgehead atoms. The number of hydrogen-bond acceptors (Lipinski definition) is 9. The number of alkyl carbamates (subject to hydrolysis) is 1. The molecule has 1 unspecified atom stereocenters. The van der Waals surface area contributed by atoms with Gasteiger partial charge in [-0.1, -0.05) is 0 Å². The van der Waals surface area contributed by atoms with E-state index >= 15 is 0 Å². The number of fused-ring (bicyclic) bond motifs is 1. The van der Waals surface area contributed by atoms with Gasteiger partial charge in [0.1, 0.15) is 20.1 Å². The maximum absolute atomic E-state index is 12.2. The van der Waals surface area contributed by atoms with Crippen molar-refractivity contribution in [1.82, 2.24) is 5.32 Å². The second-order valence-electron chi connectivity index (χ2n) is 7.47. The molecule has 2 rings (SSSR count). The molecule has 0 radical (unpaired) electrons. The zero-order chi connectivity index (χ0) is 22.0. The number of carbonyl (C=O) groups is 2. The molecule has 1 aromatic rings. The SMILES string of the molecule is CC(C)(C)OC(=O)NCCCC(=O)OC1CCS(=O)(=O)c2sc(S(N)(=O)=O)cc21. The van der Waals surface area contributed by atoms with Crippen LogP contribution in [0.5, 0.6) is 0 Å².